The molecule has 0 saturated carbocycles. The highest BCUT2D eigenvalue weighted by Crippen LogP contribution is 2.31. The molecule has 2 heterocycles. The van der Waals surface area contributed by atoms with Gasteiger partial charge in [0.2, 0.25) is 0 Å². The molecule has 0 amide bonds. The number of fused-ring (bicyclic) bond motifs is 1. The summed E-state index contributed by atoms with van der Waals surface area (Å²) in [5, 5.41) is 0. The van der Waals surface area contributed by atoms with Gasteiger partial charge in [-0.05, 0) is 36.1 Å². The van der Waals surface area contributed by atoms with E-state index in [0.717, 1.165) is 13.2 Å². The first-order chi connectivity index (χ1) is 10.4. The molecule has 2 saturated heterocycles. The number of benzene rings is 2. The summed E-state index contributed by atoms with van der Waals surface area (Å²) in [6, 6.07) is 20.1. The zero-order valence-corrected chi connectivity index (χ0v) is 12.2. The second kappa shape index (κ2) is 5.63. The van der Waals surface area contributed by atoms with Gasteiger partial charge < -0.3 is 4.74 Å². The number of ether oxygens (including phenoxy) is 1. The van der Waals surface area contributed by atoms with Crippen LogP contribution in [0.3, 0.4) is 0 Å². The predicted octanol–water partition coefficient (Wildman–Crippen LogP) is 3.89. The molecule has 2 aromatic carbocycles. The minimum atomic E-state index is 0.240. The van der Waals surface area contributed by atoms with Crippen molar-refractivity contribution in [2.75, 3.05) is 19.7 Å². The highest BCUT2D eigenvalue weighted by molar-refractivity contribution is 5.63. The molecule has 0 bridgehead atoms. The molecular weight excluding hydrogens is 258 g/mol. The van der Waals surface area contributed by atoms with Crippen LogP contribution in [0, 0.1) is 0 Å². The molecule has 0 aromatic heterocycles. The quantitative estimate of drug-likeness (QED) is 0.827. The molecule has 2 nitrogen and oxygen atoms in total. The van der Waals surface area contributed by atoms with Crippen molar-refractivity contribution >= 4 is 0 Å². The van der Waals surface area contributed by atoms with Gasteiger partial charge in [-0.15, -0.1) is 0 Å². The first-order valence-corrected chi connectivity index (χ1v) is 7.91. The van der Waals surface area contributed by atoms with Crippen LogP contribution in [0.5, 0.6) is 0 Å². The fraction of sp³-hybridized carbons (Fsp3) is 0.368. The molecule has 0 N–H and O–H groups in total. The number of hydrogen-bond acceptors (Lipinski definition) is 2. The highest BCUT2D eigenvalue weighted by Gasteiger charge is 2.32. The largest absolute Gasteiger partial charge is 0.371 e. The fourth-order valence-corrected chi connectivity index (χ4v) is 3.54. The van der Waals surface area contributed by atoms with Crippen LogP contribution in [0.2, 0.25) is 0 Å². The second-order valence-electron chi connectivity index (χ2n) is 6.10. The lowest BCUT2D eigenvalue weighted by Gasteiger charge is -2.35. The van der Waals surface area contributed by atoms with Crippen LogP contribution in [0.15, 0.2) is 54.6 Å². The van der Waals surface area contributed by atoms with Crippen molar-refractivity contribution in [2.45, 2.75) is 25.0 Å². The van der Waals surface area contributed by atoms with Crippen molar-refractivity contribution in [1.29, 1.82) is 0 Å². The van der Waals surface area contributed by atoms with Crippen molar-refractivity contribution in [2.24, 2.45) is 0 Å². The molecule has 2 atom stereocenters. The Morgan fingerprint density at radius 1 is 0.905 bits per heavy atom. The van der Waals surface area contributed by atoms with Gasteiger partial charge in [0.15, 0.2) is 0 Å². The van der Waals surface area contributed by atoms with Crippen LogP contribution in [0.1, 0.15) is 24.5 Å². The molecule has 21 heavy (non-hydrogen) atoms. The third-order valence-corrected chi connectivity index (χ3v) is 4.78. The Morgan fingerprint density at radius 2 is 1.67 bits per heavy atom. The summed E-state index contributed by atoms with van der Waals surface area (Å²) in [7, 11) is 0. The van der Waals surface area contributed by atoms with Crippen LogP contribution in [0.4, 0.5) is 0 Å². The van der Waals surface area contributed by atoms with Crippen LogP contribution < -0.4 is 0 Å². The van der Waals surface area contributed by atoms with Gasteiger partial charge in [0.1, 0.15) is 0 Å². The number of hydrogen-bond donors (Lipinski definition) is 0. The van der Waals surface area contributed by atoms with E-state index in [4.69, 9.17) is 4.74 Å². The van der Waals surface area contributed by atoms with E-state index in [1.165, 1.54) is 36.1 Å². The summed E-state index contributed by atoms with van der Waals surface area (Å²) in [6.45, 7) is 3.19. The third-order valence-electron chi connectivity index (χ3n) is 4.78. The topological polar surface area (TPSA) is 12.5 Å². The summed E-state index contributed by atoms with van der Waals surface area (Å²) < 4.78 is 6.08. The predicted molar refractivity (Wildman–Crippen MR) is 85.2 cm³/mol. The van der Waals surface area contributed by atoms with Gasteiger partial charge in [0.05, 0.1) is 12.7 Å². The van der Waals surface area contributed by atoms with Crippen LogP contribution in [-0.4, -0.2) is 30.6 Å². The summed E-state index contributed by atoms with van der Waals surface area (Å²) in [4.78, 5) is 2.60. The smallest absolute Gasteiger partial charge is 0.0952 e. The first-order valence-electron chi connectivity index (χ1n) is 7.91. The minimum absolute atomic E-state index is 0.240. The summed E-state index contributed by atoms with van der Waals surface area (Å²) in [6.07, 6.45) is 2.87. The lowest BCUT2D eigenvalue weighted by molar-refractivity contribution is -0.0501. The standard InChI is InChI=1S/C19H21NO/c1-2-5-15(6-3-1)16-8-10-17(11-9-16)19-13-20-12-4-7-18(20)14-21-19/h1-3,5-6,8-11,18-19H,4,7,12-14H2/t18?,19-/m1/s1. The molecule has 4 rings (SSSR count). The van der Waals surface area contributed by atoms with Gasteiger partial charge >= 0.3 is 0 Å². The van der Waals surface area contributed by atoms with Crippen molar-refractivity contribution in [3.05, 3.63) is 60.2 Å². The van der Waals surface area contributed by atoms with Gasteiger partial charge in [-0.3, -0.25) is 4.90 Å². The third kappa shape index (κ3) is 2.61. The molecule has 0 aliphatic carbocycles. The van der Waals surface area contributed by atoms with E-state index < -0.39 is 0 Å². The zero-order valence-electron chi connectivity index (χ0n) is 12.2. The summed E-state index contributed by atoms with van der Waals surface area (Å²) >= 11 is 0. The molecular formula is C19H21NO. The molecule has 0 radical (unpaired) electrons. The van der Waals surface area contributed by atoms with Crippen molar-refractivity contribution in [3.8, 4) is 11.1 Å². The maximum Gasteiger partial charge on any atom is 0.0952 e. The van der Waals surface area contributed by atoms with Gasteiger partial charge in [0, 0.05) is 12.6 Å². The molecule has 1 unspecified atom stereocenters. The van der Waals surface area contributed by atoms with E-state index in [2.05, 4.69) is 59.5 Å². The Balaban J connectivity index is 1.51. The first kappa shape index (κ1) is 13.1. The molecule has 108 valence electrons. The monoisotopic (exact) mass is 279 g/mol. The zero-order chi connectivity index (χ0) is 14.1. The van der Waals surface area contributed by atoms with Crippen molar-refractivity contribution in [1.82, 2.24) is 4.90 Å². The second-order valence-corrected chi connectivity index (χ2v) is 6.10. The average Bonchev–Trinajstić information content (AvgIpc) is 3.03. The fourth-order valence-electron chi connectivity index (χ4n) is 3.54. The van der Waals surface area contributed by atoms with Gasteiger partial charge in [-0.1, -0.05) is 54.6 Å². The van der Waals surface area contributed by atoms with Crippen LogP contribution in [-0.2, 0) is 4.74 Å². The van der Waals surface area contributed by atoms with E-state index in [1.807, 2.05) is 0 Å². The van der Waals surface area contributed by atoms with Crippen LogP contribution in [0.25, 0.3) is 11.1 Å². The van der Waals surface area contributed by atoms with Crippen molar-refractivity contribution in [3.63, 3.8) is 0 Å². The summed E-state index contributed by atoms with van der Waals surface area (Å²) in [5.74, 6) is 0. The SMILES string of the molecule is c1ccc(-c2ccc([C@H]3CN4CCCC4CO3)cc2)cc1. The number of nitrogens with zero attached hydrogens (tertiary/aromatic N) is 1. The normalized spacial score (nSPS) is 25.7. The van der Waals surface area contributed by atoms with Gasteiger partial charge in [-0.2, -0.15) is 0 Å². The minimum Gasteiger partial charge on any atom is -0.371 e. The molecule has 0 spiro atoms. The lowest BCUT2D eigenvalue weighted by atomic mass is 10.0. The average molecular weight is 279 g/mol. The van der Waals surface area contributed by atoms with Crippen LogP contribution >= 0.6 is 0 Å². The highest BCUT2D eigenvalue weighted by atomic mass is 16.5. The van der Waals surface area contributed by atoms with E-state index in [1.54, 1.807) is 0 Å². The molecule has 2 fully saturated rings. The Morgan fingerprint density at radius 3 is 2.48 bits per heavy atom. The van der Waals surface area contributed by atoms with Gasteiger partial charge in [0.25, 0.3) is 0 Å². The Labute approximate surface area is 126 Å². The van der Waals surface area contributed by atoms with E-state index in [-0.39, 0.29) is 6.10 Å². The number of rotatable bonds is 2. The Hall–Kier alpha value is -1.64. The molecule has 2 aromatic rings. The maximum atomic E-state index is 6.08. The van der Waals surface area contributed by atoms with E-state index in [0.29, 0.717) is 6.04 Å². The number of morpholine rings is 1. The molecule has 2 heteroatoms. The van der Waals surface area contributed by atoms with E-state index in [9.17, 15) is 0 Å². The van der Waals surface area contributed by atoms with Crippen molar-refractivity contribution < 1.29 is 4.74 Å². The molecule has 2 aliphatic rings. The lowest BCUT2D eigenvalue weighted by Crippen LogP contribution is -2.42. The molecule has 2 aliphatic heterocycles. The van der Waals surface area contributed by atoms with Gasteiger partial charge in [-0.25, -0.2) is 0 Å². The maximum absolute atomic E-state index is 6.08. The summed E-state index contributed by atoms with van der Waals surface area (Å²) in [5.41, 5.74) is 3.85. The Kier molecular flexibility index (Phi) is 3.50. The van der Waals surface area contributed by atoms with E-state index >= 15 is 0 Å². The Bertz CT molecular complexity index is 593.